The molecule has 1 amide bonds. The van der Waals surface area contributed by atoms with E-state index in [9.17, 15) is 13.2 Å². The van der Waals surface area contributed by atoms with Crippen molar-refractivity contribution in [1.82, 2.24) is 9.62 Å². The lowest BCUT2D eigenvalue weighted by atomic mass is 9.90. The number of nitrogens with one attached hydrogen (secondary N) is 1. The number of sulfonamides is 1. The molecular weight excluding hydrogens is 406 g/mol. The van der Waals surface area contributed by atoms with E-state index >= 15 is 0 Å². The summed E-state index contributed by atoms with van der Waals surface area (Å²) in [5.41, 5.74) is 5.65. The van der Waals surface area contributed by atoms with Crippen LogP contribution in [0.2, 0.25) is 0 Å². The largest absolute Gasteiger partial charge is 0.490 e. The number of nitrogens with two attached hydrogens (primary N) is 1. The number of halogens is 1. The van der Waals surface area contributed by atoms with Crippen molar-refractivity contribution in [3.63, 3.8) is 0 Å². The van der Waals surface area contributed by atoms with Crippen molar-refractivity contribution >= 4 is 28.3 Å². The number of carbonyl (C=O) groups is 1. The minimum Gasteiger partial charge on any atom is -0.490 e. The van der Waals surface area contributed by atoms with Gasteiger partial charge in [-0.05, 0) is 44.4 Å². The zero-order valence-corrected chi connectivity index (χ0v) is 18.2. The van der Waals surface area contributed by atoms with Crippen LogP contribution >= 0.6 is 12.4 Å². The van der Waals surface area contributed by atoms with Gasteiger partial charge in [-0.3, -0.25) is 4.79 Å². The van der Waals surface area contributed by atoms with Gasteiger partial charge in [0.1, 0.15) is 0 Å². The number of benzene rings is 1. The molecule has 1 saturated heterocycles. The van der Waals surface area contributed by atoms with Gasteiger partial charge in [0.25, 0.3) is 0 Å². The molecule has 1 atom stereocenters. The predicted octanol–water partition coefficient (Wildman–Crippen LogP) is 1.38. The van der Waals surface area contributed by atoms with Crippen molar-refractivity contribution in [3.8, 4) is 11.5 Å². The van der Waals surface area contributed by atoms with Gasteiger partial charge in [-0.25, -0.2) is 13.1 Å². The number of rotatable bonds is 9. The normalized spacial score (nSPS) is 19.2. The molecule has 0 radical (unpaired) electrons. The maximum Gasteiger partial charge on any atom is 0.241 e. The van der Waals surface area contributed by atoms with Crippen LogP contribution in [0.1, 0.15) is 27.2 Å². The van der Waals surface area contributed by atoms with Crippen LogP contribution in [0.5, 0.6) is 11.5 Å². The second kappa shape index (κ2) is 10.3. The summed E-state index contributed by atoms with van der Waals surface area (Å²) in [6.45, 7) is 7.82. The highest BCUT2D eigenvalue weighted by Crippen LogP contribution is 2.30. The fourth-order valence-electron chi connectivity index (χ4n) is 2.95. The van der Waals surface area contributed by atoms with Crippen LogP contribution in [0.4, 0.5) is 0 Å². The van der Waals surface area contributed by atoms with Crippen LogP contribution in [-0.2, 0) is 14.8 Å². The molecule has 0 bridgehead atoms. The number of nitrogens with zero attached hydrogens (tertiary/aromatic N) is 1. The number of amides is 1. The Bertz CT molecular complexity index is 774. The molecule has 1 aromatic rings. The first kappa shape index (κ1) is 24.5. The molecule has 2 rings (SSSR count). The minimum absolute atomic E-state index is 0. The zero-order chi connectivity index (χ0) is 20.1. The average molecular weight is 436 g/mol. The molecule has 28 heavy (non-hydrogen) atoms. The second-order valence-corrected chi connectivity index (χ2v) is 8.65. The third kappa shape index (κ3) is 5.97. The van der Waals surface area contributed by atoms with Crippen molar-refractivity contribution in [2.75, 3.05) is 39.4 Å². The molecule has 10 heteroatoms. The third-order valence-corrected chi connectivity index (χ3v) is 6.04. The van der Waals surface area contributed by atoms with E-state index in [0.717, 1.165) is 6.42 Å². The van der Waals surface area contributed by atoms with Gasteiger partial charge in [0, 0.05) is 19.2 Å². The quantitative estimate of drug-likeness (QED) is 0.606. The highest BCUT2D eigenvalue weighted by Gasteiger charge is 2.35. The first-order chi connectivity index (χ1) is 12.7. The smallest absolute Gasteiger partial charge is 0.241 e. The van der Waals surface area contributed by atoms with Crippen molar-refractivity contribution in [1.29, 1.82) is 0 Å². The van der Waals surface area contributed by atoms with E-state index in [1.807, 2.05) is 13.8 Å². The Kier molecular flexibility index (Phi) is 9.00. The fourth-order valence-corrected chi connectivity index (χ4v) is 3.94. The van der Waals surface area contributed by atoms with Crippen molar-refractivity contribution in [3.05, 3.63) is 18.2 Å². The summed E-state index contributed by atoms with van der Waals surface area (Å²) >= 11 is 0. The van der Waals surface area contributed by atoms with Crippen molar-refractivity contribution in [2.24, 2.45) is 11.1 Å². The molecule has 1 unspecified atom stereocenters. The van der Waals surface area contributed by atoms with E-state index in [2.05, 4.69) is 4.72 Å². The highest BCUT2D eigenvalue weighted by atomic mass is 35.5. The molecule has 1 aliphatic heterocycles. The highest BCUT2D eigenvalue weighted by molar-refractivity contribution is 7.89. The molecule has 0 aromatic heterocycles. The van der Waals surface area contributed by atoms with Crippen LogP contribution in [0, 0.1) is 5.41 Å². The molecule has 0 aliphatic carbocycles. The zero-order valence-electron chi connectivity index (χ0n) is 16.6. The van der Waals surface area contributed by atoms with Gasteiger partial charge in [-0.2, -0.15) is 0 Å². The Hall–Kier alpha value is -1.55. The summed E-state index contributed by atoms with van der Waals surface area (Å²) in [5, 5.41) is 0. The SMILES string of the molecule is CCOc1ccc(S(=O)(=O)NCC(=O)N2CCC(C)(CN)C2)cc1OCC.Cl. The van der Waals surface area contributed by atoms with Gasteiger partial charge in [0.15, 0.2) is 11.5 Å². The van der Waals surface area contributed by atoms with E-state index in [1.54, 1.807) is 17.9 Å². The van der Waals surface area contributed by atoms with E-state index < -0.39 is 10.0 Å². The first-order valence-electron chi connectivity index (χ1n) is 9.12. The van der Waals surface area contributed by atoms with Gasteiger partial charge in [0.2, 0.25) is 15.9 Å². The van der Waals surface area contributed by atoms with Crippen LogP contribution in [0.3, 0.4) is 0 Å². The maximum atomic E-state index is 12.6. The summed E-state index contributed by atoms with van der Waals surface area (Å²) < 4.78 is 38.4. The van der Waals surface area contributed by atoms with E-state index in [-0.39, 0.29) is 35.2 Å². The maximum absolute atomic E-state index is 12.6. The molecule has 1 heterocycles. The van der Waals surface area contributed by atoms with Crippen LogP contribution in [0.15, 0.2) is 23.1 Å². The van der Waals surface area contributed by atoms with Gasteiger partial charge < -0.3 is 20.1 Å². The third-order valence-electron chi connectivity index (χ3n) is 4.64. The van der Waals surface area contributed by atoms with Crippen LogP contribution in [-0.4, -0.2) is 58.6 Å². The molecule has 160 valence electrons. The summed E-state index contributed by atoms with van der Waals surface area (Å²) in [4.78, 5) is 14.0. The Morgan fingerprint density at radius 2 is 1.89 bits per heavy atom. The second-order valence-electron chi connectivity index (χ2n) is 6.88. The van der Waals surface area contributed by atoms with E-state index in [1.165, 1.54) is 12.1 Å². The van der Waals surface area contributed by atoms with E-state index in [0.29, 0.717) is 44.3 Å². The number of likely N-dealkylation sites (tertiary alicyclic amines) is 1. The summed E-state index contributed by atoms with van der Waals surface area (Å²) in [6.07, 6.45) is 0.818. The van der Waals surface area contributed by atoms with Crippen LogP contribution in [0.25, 0.3) is 0 Å². The lowest BCUT2D eigenvalue weighted by Crippen LogP contribution is -2.40. The number of hydrogen-bond acceptors (Lipinski definition) is 6. The summed E-state index contributed by atoms with van der Waals surface area (Å²) in [5.74, 6) is 0.575. The topological polar surface area (TPSA) is 111 Å². The lowest BCUT2D eigenvalue weighted by molar-refractivity contribution is -0.129. The minimum atomic E-state index is -3.85. The molecule has 1 fully saturated rings. The standard InChI is InChI=1S/C18H29N3O5S.ClH/c1-4-25-15-7-6-14(10-16(15)26-5-2)27(23,24)20-11-17(22)21-9-8-18(3,12-19)13-21;/h6-7,10,20H,4-5,8-9,11-13,19H2,1-3H3;1H. The van der Waals surface area contributed by atoms with Gasteiger partial charge in [-0.1, -0.05) is 6.92 Å². The summed E-state index contributed by atoms with van der Waals surface area (Å²) in [7, 11) is -3.85. The molecule has 0 spiro atoms. The molecule has 0 saturated carbocycles. The molecule has 3 N–H and O–H groups in total. The lowest BCUT2D eigenvalue weighted by Gasteiger charge is -2.22. The fraction of sp³-hybridized carbons (Fsp3) is 0.611. The average Bonchev–Trinajstić information content (AvgIpc) is 3.04. The predicted molar refractivity (Wildman–Crippen MR) is 110 cm³/mol. The Morgan fingerprint density at radius 1 is 1.25 bits per heavy atom. The molecule has 8 nitrogen and oxygen atoms in total. The van der Waals surface area contributed by atoms with Crippen LogP contribution < -0.4 is 19.9 Å². The Morgan fingerprint density at radius 3 is 2.46 bits per heavy atom. The Balaban J connectivity index is 0.00000392. The number of hydrogen-bond donors (Lipinski definition) is 2. The Labute approximate surface area is 173 Å². The molecular formula is C18H30ClN3O5S. The molecule has 1 aromatic carbocycles. The first-order valence-corrected chi connectivity index (χ1v) is 10.6. The van der Waals surface area contributed by atoms with Crippen molar-refractivity contribution in [2.45, 2.75) is 32.1 Å². The van der Waals surface area contributed by atoms with Crippen molar-refractivity contribution < 1.29 is 22.7 Å². The summed E-state index contributed by atoms with van der Waals surface area (Å²) in [6, 6.07) is 4.39. The van der Waals surface area contributed by atoms with Gasteiger partial charge >= 0.3 is 0 Å². The monoisotopic (exact) mass is 435 g/mol. The van der Waals surface area contributed by atoms with E-state index in [4.69, 9.17) is 15.2 Å². The van der Waals surface area contributed by atoms with Gasteiger partial charge in [0.05, 0.1) is 24.7 Å². The number of ether oxygens (including phenoxy) is 2. The molecule has 1 aliphatic rings. The van der Waals surface area contributed by atoms with Gasteiger partial charge in [-0.15, -0.1) is 12.4 Å². The number of carbonyl (C=O) groups excluding carboxylic acids is 1.